The van der Waals surface area contributed by atoms with E-state index in [1.165, 1.54) is 6.07 Å². The molecule has 2 aromatic rings. The fourth-order valence-electron chi connectivity index (χ4n) is 2.06. The van der Waals surface area contributed by atoms with Crippen molar-refractivity contribution in [2.45, 2.75) is 25.4 Å². The van der Waals surface area contributed by atoms with E-state index in [0.29, 0.717) is 18.4 Å². The average Bonchev–Trinajstić information content (AvgIpc) is 2.43. The Hall–Kier alpha value is -1.19. The third kappa shape index (κ3) is 4.15. The van der Waals surface area contributed by atoms with Gasteiger partial charge in [0.15, 0.2) is 0 Å². The number of aryl methyl sites for hydroxylation is 1. The van der Waals surface area contributed by atoms with Crippen LogP contribution in [0.1, 0.15) is 30.1 Å². The summed E-state index contributed by atoms with van der Waals surface area (Å²) in [5.74, 6) is -0.183. The van der Waals surface area contributed by atoms with Gasteiger partial charge in [-0.15, -0.1) is 0 Å². The molecule has 3 heteroatoms. The van der Waals surface area contributed by atoms with E-state index >= 15 is 0 Å². The van der Waals surface area contributed by atoms with Gasteiger partial charge in [0.1, 0.15) is 5.82 Å². The van der Waals surface area contributed by atoms with E-state index in [4.69, 9.17) is 0 Å². The molecule has 0 heterocycles. The topological polar surface area (TPSA) is 20.2 Å². The van der Waals surface area contributed by atoms with E-state index in [2.05, 4.69) is 15.9 Å². The molecule has 0 aliphatic rings. The second-order valence-corrected chi connectivity index (χ2v) is 5.47. The molecule has 19 heavy (non-hydrogen) atoms. The fraction of sp³-hybridized carbons (Fsp3) is 0.250. The maximum Gasteiger partial charge on any atom is 0.126 e. The van der Waals surface area contributed by atoms with Crippen LogP contribution in [0.4, 0.5) is 4.39 Å². The number of rotatable bonds is 5. The zero-order valence-corrected chi connectivity index (χ0v) is 12.1. The lowest BCUT2D eigenvalue weighted by Crippen LogP contribution is -1.99. The first-order valence-electron chi connectivity index (χ1n) is 6.34. The molecule has 1 nitrogen and oxygen atoms in total. The quantitative estimate of drug-likeness (QED) is 0.849. The molecule has 100 valence electrons. The van der Waals surface area contributed by atoms with Crippen molar-refractivity contribution in [3.8, 4) is 0 Å². The van der Waals surface area contributed by atoms with Crippen molar-refractivity contribution in [1.29, 1.82) is 0 Å². The monoisotopic (exact) mass is 322 g/mol. The Kier molecular flexibility index (Phi) is 5.11. The standard InChI is InChI=1S/C16H16BrFO/c17-14-9-10-15(18)13(11-14)7-4-8-16(19)12-5-2-1-3-6-12/h1-3,5-6,9-11,16,19H,4,7-8H2. The third-order valence-corrected chi connectivity index (χ3v) is 3.61. The molecule has 1 N–H and O–H groups in total. The minimum atomic E-state index is -0.476. The Morgan fingerprint density at radius 3 is 2.58 bits per heavy atom. The molecule has 2 rings (SSSR count). The van der Waals surface area contributed by atoms with Gasteiger partial charge in [-0.25, -0.2) is 4.39 Å². The van der Waals surface area contributed by atoms with Gasteiger partial charge in [0, 0.05) is 4.47 Å². The Labute approximate surface area is 121 Å². The highest BCUT2D eigenvalue weighted by Gasteiger charge is 2.08. The lowest BCUT2D eigenvalue weighted by atomic mass is 10.0. The van der Waals surface area contributed by atoms with Gasteiger partial charge in [-0.2, -0.15) is 0 Å². The van der Waals surface area contributed by atoms with Crippen LogP contribution >= 0.6 is 15.9 Å². The first-order valence-corrected chi connectivity index (χ1v) is 7.13. The van der Waals surface area contributed by atoms with Crippen molar-refractivity contribution in [3.05, 3.63) is 69.9 Å². The van der Waals surface area contributed by atoms with Crippen LogP contribution in [0.2, 0.25) is 0 Å². The summed E-state index contributed by atoms with van der Waals surface area (Å²) in [4.78, 5) is 0. The average molecular weight is 323 g/mol. The van der Waals surface area contributed by atoms with Crippen LogP contribution in [0.15, 0.2) is 53.0 Å². The molecule has 0 amide bonds. The molecule has 0 saturated heterocycles. The maximum absolute atomic E-state index is 13.5. The van der Waals surface area contributed by atoms with E-state index < -0.39 is 6.10 Å². The van der Waals surface area contributed by atoms with Gasteiger partial charge < -0.3 is 5.11 Å². The molecule has 0 aliphatic heterocycles. The first-order chi connectivity index (χ1) is 9.16. The van der Waals surface area contributed by atoms with Gasteiger partial charge in [-0.3, -0.25) is 0 Å². The Morgan fingerprint density at radius 1 is 1.11 bits per heavy atom. The van der Waals surface area contributed by atoms with Gasteiger partial charge >= 0.3 is 0 Å². The van der Waals surface area contributed by atoms with E-state index in [0.717, 1.165) is 16.5 Å². The summed E-state index contributed by atoms with van der Waals surface area (Å²) in [6.07, 6.45) is 1.55. The normalized spacial score (nSPS) is 12.4. The number of hydrogen-bond acceptors (Lipinski definition) is 1. The molecule has 0 bridgehead atoms. The molecular formula is C16H16BrFO. The molecule has 0 aromatic heterocycles. The van der Waals surface area contributed by atoms with Crippen molar-refractivity contribution < 1.29 is 9.50 Å². The van der Waals surface area contributed by atoms with Gasteiger partial charge in [0.05, 0.1) is 6.10 Å². The Morgan fingerprint density at radius 2 is 1.84 bits per heavy atom. The van der Waals surface area contributed by atoms with Crippen LogP contribution in [0.25, 0.3) is 0 Å². The molecule has 1 atom stereocenters. The predicted molar refractivity (Wildman–Crippen MR) is 78.4 cm³/mol. The van der Waals surface area contributed by atoms with Crippen molar-refractivity contribution in [2.24, 2.45) is 0 Å². The molecule has 0 fully saturated rings. The third-order valence-electron chi connectivity index (χ3n) is 3.12. The molecule has 2 aromatic carbocycles. The summed E-state index contributed by atoms with van der Waals surface area (Å²) in [5.41, 5.74) is 1.60. The maximum atomic E-state index is 13.5. The highest BCUT2D eigenvalue weighted by atomic mass is 79.9. The van der Waals surface area contributed by atoms with Crippen molar-refractivity contribution in [1.82, 2.24) is 0 Å². The number of aliphatic hydroxyl groups excluding tert-OH is 1. The first kappa shape index (κ1) is 14.2. The van der Waals surface area contributed by atoms with Crippen LogP contribution in [-0.2, 0) is 6.42 Å². The number of benzene rings is 2. The Bertz CT molecular complexity index is 528. The second-order valence-electron chi connectivity index (χ2n) is 4.55. The second kappa shape index (κ2) is 6.83. The highest BCUT2D eigenvalue weighted by Crippen LogP contribution is 2.21. The lowest BCUT2D eigenvalue weighted by molar-refractivity contribution is 0.164. The van der Waals surface area contributed by atoms with Crippen LogP contribution in [0.5, 0.6) is 0 Å². The minimum Gasteiger partial charge on any atom is -0.388 e. The molecule has 0 aliphatic carbocycles. The summed E-state index contributed by atoms with van der Waals surface area (Å²) in [5, 5.41) is 10.0. The predicted octanol–water partition coefficient (Wildman–Crippen LogP) is 4.64. The summed E-state index contributed by atoms with van der Waals surface area (Å²) < 4.78 is 14.4. The zero-order chi connectivity index (χ0) is 13.7. The summed E-state index contributed by atoms with van der Waals surface area (Å²) in [6.45, 7) is 0. The molecular weight excluding hydrogens is 307 g/mol. The largest absolute Gasteiger partial charge is 0.388 e. The minimum absolute atomic E-state index is 0.183. The van der Waals surface area contributed by atoms with E-state index in [1.807, 2.05) is 30.3 Å². The molecule has 0 radical (unpaired) electrons. The number of hydrogen-bond donors (Lipinski definition) is 1. The highest BCUT2D eigenvalue weighted by molar-refractivity contribution is 9.10. The van der Waals surface area contributed by atoms with Gasteiger partial charge in [0.2, 0.25) is 0 Å². The van der Waals surface area contributed by atoms with E-state index in [9.17, 15) is 9.50 Å². The Balaban J connectivity index is 1.88. The number of aliphatic hydroxyl groups is 1. The zero-order valence-electron chi connectivity index (χ0n) is 10.5. The van der Waals surface area contributed by atoms with Gasteiger partial charge in [0.25, 0.3) is 0 Å². The van der Waals surface area contributed by atoms with Gasteiger partial charge in [-0.05, 0) is 48.6 Å². The molecule has 0 saturated carbocycles. The fourth-order valence-corrected chi connectivity index (χ4v) is 2.47. The number of halogens is 2. The summed E-state index contributed by atoms with van der Waals surface area (Å²) in [6, 6.07) is 14.5. The van der Waals surface area contributed by atoms with Gasteiger partial charge in [-0.1, -0.05) is 46.3 Å². The van der Waals surface area contributed by atoms with Crippen LogP contribution in [0.3, 0.4) is 0 Å². The van der Waals surface area contributed by atoms with Crippen LogP contribution in [-0.4, -0.2) is 5.11 Å². The van der Waals surface area contributed by atoms with Crippen molar-refractivity contribution in [3.63, 3.8) is 0 Å². The SMILES string of the molecule is OC(CCCc1cc(Br)ccc1F)c1ccccc1. The molecule has 1 unspecified atom stereocenters. The van der Waals surface area contributed by atoms with E-state index in [1.54, 1.807) is 12.1 Å². The summed E-state index contributed by atoms with van der Waals surface area (Å²) >= 11 is 3.34. The van der Waals surface area contributed by atoms with Crippen molar-refractivity contribution >= 4 is 15.9 Å². The smallest absolute Gasteiger partial charge is 0.126 e. The van der Waals surface area contributed by atoms with E-state index in [-0.39, 0.29) is 5.82 Å². The molecule has 0 spiro atoms. The lowest BCUT2D eigenvalue weighted by Gasteiger charge is -2.11. The van der Waals surface area contributed by atoms with Crippen LogP contribution in [0, 0.1) is 5.82 Å². The summed E-state index contributed by atoms with van der Waals surface area (Å²) in [7, 11) is 0. The van der Waals surface area contributed by atoms with Crippen LogP contribution < -0.4 is 0 Å². The van der Waals surface area contributed by atoms with Crippen molar-refractivity contribution in [2.75, 3.05) is 0 Å².